The molecular formula is C19H28O4. The average molecular weight is 320 g/mol. The Balaban J connectivity index is 1.66. The van der Waals surface area contributed by atoms with E-state index >= 15 is 0 Å². The minimum atomic E-state index is 0.214. The number of hydrogen-bond acceptors (Lipinski definition) is 4. The number of aryl methyl sites for hydroxylation is 1. The van der Waals surface area contributed by atoms with Gasteiger partial charge in [-0.2, -0.15) is 0 Å². The van der Waals surface area contributed by atoms with Gasteiger partial charge in [-0.1, -0.05) is 13.0 Å². The largest absolute Gasteiger partial charge is 0.497 e. The number of rotatable bonds is 7. The Morgan fingerprint density at radius 2 is 2.04 bits per heavy atom. The van der Waals surface area contributed by atoms with Crippen LogP contribution in [-0.4, -0.2) is 40.3 Å². The minimum Gasteiger partial charge on any atom is -0.497 e. The lowest BCUT2D eigenvalue weighted by Gasteiger charge is -2.41. The zero-order chi connectivity index (χ0) is 16.3. The maximum absolute atomic E-state index is 6.08. The van der Waals surface area contributed by atoms with Crippen molar-refractivity contribution in [2.75, 3.05) is 34.2 Å². The summed E-state index contributed by atoms with van der Waals surface area (Å²) in [5.74, 6) is 1.55. The predicted molar refractivity (Wildman–Crippen MR) is 89.0 cm³/mol. The molecule has 0 bridgehead atoms. The van der Waals surface area contributed by atoms with Crippen molar-refractivity contribution in [3.05, 3.63) is 29.3 Å². The molecule has 4 nitrogen and oxygen atoms in total. The van der Waals surface area contributed by atoms with Crippen molar-refractivity contribution in [1.82, 2.24) is 0 Å². The van der Waals surface area contributed by atoms with E-state index in [-0.39, 0.29) is 11.5 Å². The van der Waals surface area contributed by atoms with E-state index in [0.29, 0.717) is 25.9 Å². The monoisotopic (exact) mass is 320 g/mol. The third-order valence-electron chi connectivity index (χ3n) is 5.69. The van der Waals surface area contributed by atoms with E-state index in [1.807, 2.05) is 0 Å². The van der Waals surface area contributed by atoms with Crippen LogP contribution in [0.4, 0.5) is 0 Å². The number of fused-ring (bicyclic) bond motifs is 3. The van der Waals surface area contributed by atoms with E-state index in [1.165, 1.54) is 24.0 Å². The van der Waals surface area contributed by atoms with Gasteiger partial charge in [-0.05, 0) is 54.9 Å². The molecule has 0 heterocycles. The summed E-state index contributed by atoms with van der Waals surface area (Å²) in [6.07, 6.45) is 4.86. The smallest absolute Gasteiger partial charge is 0.147 e. The fraction of sp³-hybridized carbons (Fsp3) is 0.684. The second-order valence-electron chi connectivity index (χ2n) is 6.87. The molecule has 1 fully saturated rings. The summed E-state index contributed by atoms with van der Waals surface area (Å²) in [5.41, 5.74) is 3.15. The molecule has 128 valence electrons. The van der Waals surface area contributed by atoms with Crippen molar-refractivity contribution >= 4 is 0 Å². The molecule has 2 aliphatic rings. The van der Waals surface area contributed by atoms with Gasteiger partial charge in [0, 0.05) is 12.5 Å². The Kier molecular flexibility index (Phi) is 5.24. The fourth-order valence-electron chi connectivity index (χ4n) is 4.32. The lowest BCUT2D eigenvalue weighted by atomic mass is 9.66. The Morgan fingerprint density at radius 3 is 2.83 bits per heavy atom. The Hall–Kier alpha value is -1.10. The van der Waals surface area contributed by atoms with Crippen LogP contribution >= 0.6 is 0 Å². The van der Waals surface area contributed by atoms with Crippen LogP contribution in [0.25, 0.3) is 0 Å². The fourth-order valence-corrected chi connectivity index (χ4v) is 4.32. The van der Waals surface area contributed by atoms with Gasteiger partial charge in [0.2, 0.25) is 0 Å². The van der Waals surface area contributed by atoms with Crippen molar-refractivity contribution in [3.63, 3.8) is 0 Å². The molecule has 0 radical (unpaired) electrons. The van der Waals surface area contributed by atoms with Crippen LogP contribution in [0.15, 0.2) is 18.2 Å². The summed E-state index contributed by atoms with van der Waals surface area (Å²) in [4.78, 5) is 0. The van der Waals surface area contributed by atoms with E-state index in [1.54, 1.807) is 14.2 Å². The van der Waals surface area contributed by atoms with Crippen LogP contribution in [0.5, 0.6) is 5.75 Å². The molecule has 0 aromatic heterocycles. The van der Waals surface area contributed by atoms with E-state index in [9.17, 15) is 0 Å². The molecule has 3 atom stereocenters. The van der Waals surface area contributed by atoms with E-state index < -0.39 is 0 Å². The molecule has 4 heteroatoms. The van der Waals surface area contributed by atoms with Gasteiger partial charge in [0.15, 0.2) is 0 Å². The van der Waals surface area contributed by atoms with Crippen molar-refractivity contribution in [2.24, 2.45) is 5.41 Å². The predicted octanol–water partition coefficient (Wildman–Crippen LogP) is 3.53. The number of benzene rings is 1. The highest BCUT2D eigenvalue weighted by molar-refractivity contribution is 5.41. The molecule has 3 rings (SSSR count). The van der Waals surface area contributed by atoms with Gasteiger partial charge in [0.05, 0.1) is 26.4 Å². The number of methoxy groups -OCH3 is 2. The molecule has 1 aromatic rings. The van der Waals surface area contributed by atoms with Crippen LogP contribution in [0.3, 0.4) is 0 Å². The van der Waals surface area contributed by atoms with Gasteiger partial charge in [-0.3, -0.25) is 0 Å². The highest BCUT2D eigenvalue weighted by atomic mass is 16.7. The van der Waals surface area contributed by atoms with Crippen molar-refractivity contribution in [1.29, 1.82) is 0 Å². The van der Waals surface area contributed by atoms with Gasteiger partial charge in [-0.25, -0.2) is 0 Å². The standard InChI is InChI=1S/C19H28O4/c1-19-9-8-14-12-15(21-3)4-5-16(14)17(19)6-7-18(19)23-13-22-11-10-20-2/h4-5,12,17-18H,6-11,13H2,1-3H3/t17-,18+,19-/m1/s1. The molecule has 0 unspecified atom stereocenters. The Labute approximate surface area is 139 Å². The molecule has 0 aliphatic heterocycles. The maximum atomic E-state index is 6.08. The van der Waals surface area contributed by atoms with E-state index in [0.717, 1.165) is 18.6 Å². The first kappa shape index (κ1) is 16.7. The van der Waals surface area contributed by atoms with Crippen LogP contribution in [0.1, 0.15) is 43.2 Å². The summed E-state index contributed by atoms with van der Waals surface area (Å²) in [6, 6.07) is 6.55. The zero-order valence-corrected chi connectivity index (χ0v) is 14.5. The van der Waals surface area contributed by atoms with Crippen molar-refractivity contribution in [2.45, 2.75) is 44.6 Å². The molecule has 1 aromatic carbocycles. The first-order chi connectivity index (χ1) is 11.2. The highest BCUT2D eigenvalue weighted by Gasteiger charge is 2.50. The topological polar surface area (TPSA) is 36.9 Å². The minimum absolute atomic E-state index is 0.214. The summed E-state index contributed by atoms with van der Waals surface area (Å²) in [7, 11) is 3.42. The molecule has 0 amide bonds. The van der Waals surface area contributed by atoms with Crippen LogP contribution in [-0.2, 0) is 20.6 Å². The second-order valence-corrected chi connectivity index (χ2v) is 6.87. The Morgan fingerprint density at radius 1 is 1.17 bits per heavy atom. The molecule has 0 spiro atoms. The molecular weight excluding hydrogens is 292 g/mol. The molecule has 2 aliphatic carbocycles. The normalized spacial score (nSPS) is 29.2. The number of hydrogen-bond donors (Lipinski definition) is 0. The van der Waals surface area contributed by atoms with Crippen molar-refractivity contribution < 1.29 is 18.9 Å². The summed E-state index contributed by atoms with van der Waals surface area (Å²) in [6.45, 7) is 3.96. The third kappa shape index (κ3) is 3.25. The summed E-state index contributed by atoms with van der Waals surface area (Å²) < 4.78 is 21.9. The van der Waals surface area contributed by atoms with Gasteiger partial charge < -0.3 is 18.9 Å². The Bertz CT molecular complexity index is 530. The first-order valence-electron chi connectivity index (χ1n) is 8.54. The van der Waals surface area contributed by atoms with Gasteiger partial charge in [0.1, 0.15) is 12.5 Å². The number of ether oxygens (including phenoxy) is 4. The maximum Gasteiger partial charge on any atom is 0.147 e. The lowest BCUT2D eigenvalue weighted by Crippen LogP contribution is -2.37. The average Bonchev–Trinajstić information content (AvgIpc) is 2.91. The zero-order valence-electron chi connectivity index (χ0n) is 14.5. The quantitative estimate of drug-likeness (QED) is 0.569. The van der Waals surface area contributed by atoms with Crippen LogP contribution in [0.2, 0.25) is 0 Å². The SMILES string of the molecule is COCCOCO[C@H]1CC[C@@H]2c3ccc(OC)cc3CC[C@@]12C. The molecule has 0 saturated heterocycles. The second kappa shape index (κ2) is 7.20. The van der Waals surface area contributed by atoms with Crippen LogP contribution in [0, 0.1) is 5.41 Å². The first-order valence-corrected chi connectivity index (χ1v) is 8.54. The summed E-state index contributed by atoms with van der Waals surface area (Å²) >= 11 is 0. The summed E-state index contributed by atoms with van der Waals surface area (Å²) in [5, 5.41) is 0. The van der Waals surface area contributed by atoms with E-state index in [4.69, 9.17) is 18.9 Å². The molecule has 0 N–H and O–H groups in total. The van der Waals surface area contributed by atoms with Gasteiger partial charge in [0.25, 0.3) is 0 Å². The third-order valence-corrected chi connectivity index (χ3v) is 5.69. The van der Waals surface area contributed by atoms with Crippen molar-refractivity contribution in [3.8, 4) is 5.75 Å². The molecule has 23 heavy (non-hydrogen) atoms. The van der Waals surface area contributed by atoms with E-state index in [2.05, 4.69) is 25.1 Å². The lowest BCUT2D eigenvalue weighted by molar-refractivity contribution is -0.127. The molecule has 1 saturated carbocycles. The van der Waals surface area contributed by atoms with Crippen LogP contribution < -0.4 is 4.74 Å². The van der Waals surface area contributed by atoms with Gasteiger partial charge >= 0.3 is 0 Å². The van der Waals surface area contributed by atoms with Gasteiger partial charge in [-0.15, -0.1) is 0 Å². The highest BCUT2D eigenvalue weighted by Crippen LogP contribution is 2.56.